The lowest BCUT2D eigenvalue weighted by Gasteiger charge is -2.14. The van der Waals surface area contributed by atoms with Crippen LogP contribution in [-0.2, 0) is 0 Å². The van der Waals surface area contributed by atoms with Crippen LogP contribution in [0.2, 0.25) is 5.02 Å². The quantitative estimate of drug-likeness (QED) is 0.833. The second kappa shape index (κ2) is 5.24. The number of hydrogen-bond acceptors (Lipinski definition) is 3. The van der Waals surface area contributed by atoms with Crippen LogP contribution in [0.1, 0.15) is 18.4 Å². The van der Waals surface area contributed by atoms with Gasteiger partial charge in [0.15, 0.2) is 11.5 Å². The molecular formula is C11H16ClNO2. The molecule has 0 fully saturated rings. The molecule has 1 unspecified atom stereocenters. The first-order chi connectivity index (χ1) is 7.10. The van der Waals surface area contributed by atoms with E-state index >= 15 is 0 Å². The Kier molecular flexibility index (Phi) is 4.24. The summed E-state index contributed by atoms with van der Waals surface area (Å²) in [5.74, 6) is 0.777. The highest BCUT2D eigenvalue weighted by atomic mass is 35.5. The summed E-state index contributed by atoms with van der Waals surface area (Å²) in [7, 11) is 3.38. The van der Waals surface area contributed by atoms with Crippen molar-refractivity contribution in [1.82, 2.24) is 5.32 Å². The van der Waals surface area contributed by atoms with Crippen molar-refractivity contribution < 1.29 is 9.84 Å². The van der Waals surface area contributed by atoms with Crippen molar-refractivity contribution in [2.45, 2.75) is 12.8 Å². The second-order valence-electron chi connectivity index (χ2n) is 3.50. The third kappa shape index (κ3) is 2.76. The van der Waals surface area contributed by atoms with Gasteiger partial charge in [-0.25, -0.2) is 0 Å². The number of phenolic OH excluding ortho intramolecular Hbond substituents is 1. The first-order valence-electron chi connectivity index (χ1n) is 4.81. The number of ether oxygens (including phenoxy) is 1. The van der Waals surface area contributed by atoms with Crippen LogP contribution in [0, 0.1) is 0 Å². The summed E-state index contributed by atoms with van der Waals surface area (Å²) < 4.78 is 4.97. The number of hydrogen-bond donors (Lipinski definition) is 2. The van der Waals surface area contributed by atoms with E-state index in [4.69, 9.17) is 16.3 Å². The average Bonchev–Trinajstić information content (AvgIpc) is 2.21. The van der Waals surface area contributed by atoms with Crippen LogP contribution in [0.4, 0.5) is 0 Å². The molecule has 0 radical (unpaired) electrons. The van der Waals surface area contributed by atoms with Gasteiger partial charge in [0, 0.05) is 17.6 Å². The molecule has 2 N–H and O–H groups in total. The van der Waals surface area contributed by atoms with Crippen molar-refractivity contribution in [3.8, 4) is 11.5 Å². The van der Waals surface area contributed by atoms with Crippen molar-refractivity contribution >= 4 is 11.6 Å². The van der Waals surface area contributed by atoms with E-state index in [1.807, 2.05) is 14.0 Å². The first kappa shape index (κ1) is 12.1. The smallest absolute Gasteiger partial charge is 0.161 e. The fourth-order valence-electron chi connectivity index (χ4n) is 1.52. The van der Waals surface area contributed by atoms with E-state index in [1.165, 1.54) is 7.11 Å². The molecule has 4 heteroatoms. The van der Waals surface area contributed by atoms with Crippen LogP contribution in [0.15, 0.2) is 12.1 Å². The van der Waals surface area contributed by atoms with Gasteiger partial charge in [0.05, 0.1) is 7.11 Å². The van der Waals surface area contributed by atoms with Crippen LogP contribution in [0.5, 0.6) is 11.5 Å². The third-order valence-corrected chi connectivity index (χ3v) is 2.67. The van der Waals surface area contributed by atoms with Crippen molar-refractivity contribution in [3.63, 3.8) is 0 Å². The summed E-state index contributed by atoms with van der Waals surface area (Å²) in [5.41, 5.74) is 0.921. The van der Waals surface area contributed by atoms with Crippen LogP contribution in [-0.4, -0.2) is 25.8 Å². The summed E-state index contributed by atoms with van der Waals surface area (Å²) >= 11 is 6.09. The predicted octanol–water partition coefficient (Wildman–Crippen LogP) is 2.38. The minimum Gasteiger partial charge on any atom is -0.504 e. The molecule has 0 bridgehead atoms. The van der Waals surface area contributed by atoms with Crippen molar-refractivity contribution in [2.24, 2.45) is 0 Å². The fraction of sp³-hybridized carbons (Fsp3) is 0.455. The number of halogens is 1. The first-order valence-corrected chi connectivity index (χ1v) is 5.19. The Morgan fingerprint density at radius 1 is 1.53 bits per heavy atom. The van der Waals surface area contributed by atoms with Gasteiger partial charge in [0.25, 0.3) is 0 Å². The molecule has 0 spiro atoms. The molecule has 0 amide bonds. The van der Waals surface area contributed by atoms with Gasteiger partial charge in [-0.1, -0.05) is 18.5 Å². The average molecular weight is 230 g/mol. The highest BCUT2D eigenvalue weighted by Gasteiger charge is 2.13. The number of phenols is 1. The Hall–Kier alpha value is -0.930. The summed E-state index contributed by atoms with van der Waals surface area (Å²) in [6.45, 7) is 2.86. The maximum atomic E-state index is 9.63. The Bertz CT molecular complexity index is 342. The lowest BCUT2D eigenvalue weighted by molar-refractivity contribution is 0.373. The van der Waals surface area contributed by atoms with Crippen LogP contribution in [0.25, 0.3) is 0 Å². The molecule has 1 aromatic rings. The fourth-order valence-corrected chi connectivity index (χ4v) is 1.86. The molecule has 0 heterocycles. The molecule has 0 aliphatic rings. The molecule has 1 rings (SSSR count). The molecular weight excluding hydrogens is 214 g/mol. The summed E-state index contributed by atoms with van der Waals surface area (Å²) in [4.78, 5) is 0. The van der Waals surface area contributed by atoms with Gasteiger partial charge in [-0.15, -0.1) is 0 Å². The Morgan fingerprint density at radius 2 is 2.20 bits per heavy atom. The van der Waals surface area contributed by atoms with Crippen LogP contribution >= 0.6 is 11.6 Å². The summed E-state index contributed by atoms with van der Waals surface area (Å²) in [6.07, 6.45) is 0. The summed E-state index contributed by atoms with van der Waals surface area (Å²) in [5, 5.41) is 13.3. The zero-order chi connectivity index (χ0) is 11.4. The molecule has 0 saturated carbocycles. The number of rotatable bonds is 4. The van der Waals surface area contributed by atoms with Gasteiger partial charge in [-0.05, 0) is 24.6 Å². The molecule has 1 atom stereocenters. The van der Waals surface area contributed by atoms with E-state index in [0.29, 0.717) is 10.8 Å². The predicted molar refractivity (Wildman–Crippen MR) is 62.0 cm³/mol. The van der Waals surface area contributed by atoms with Gasteiger partial charge in [-0.3, -0.25) is 0 Å². The normalized spacial score (nSPS) is 12.5. The standard InChI is InChI=1S/C11H16ClNO2/c1-7(6-13-2)8-4-10(14)11(15-3)5-9(8)12/h4-5,7,13-14H,6H2,1-3H3. The van der Waals surface area contributed by atoms with E-state index in [0.717, 1.165) is 12.1 Å². The zero-order valence-corrected chi connectivity index (χ0v) is 9.93. The lowest BCUT2D eigenvalue weighted by Crippen LogP contribution is -2.15. The maximum absolute atomic E-state index is 9.63. The molecule has 0 aliphatic carbocycles. The van der Waals surface area contributed by atoms with Gasteiger partial charge in [0.2, 0.25) is 0 Å². The van der Waals surface area contributed by atoms with Gasteiger partial charge in [0.1, 0.15) is 0 Å². The van der Waals surface area contributed by atoms with Crippen LogP contribution in [0.3, 0.4) is 0 Å². The van der Waals surface area contributed by atoms with Crippen LogP contribution < -0.4 is 10.1 Å². The Balaban J connectivity index is 3.04. The Morgan fingerprint density at radius 3 is 2.73 bits per heavy atom. The lowest BCUT2D eigenvalue weighted by atomic mass is 10.0. The minimum atomic E-state index is 0.125. The Labute approximate surface area is 95.0 Å². The van der Waals surface area contributed by atoms with Gasteiger partial charge < -0.3 is 15.2 Å². The SMILES string of the molecule is CNCC(C)c1cc(O)c(OC)cc1Cl. The molecule has 0 saturated heterocycles. The topological polar surface area (TPSA) is 41.5 Å². The summed E-state index contributed by atoms with van der Waals surface area (Å²) in [6, 6.07) is 3.29. The molecule has 84 valence electrons. The maximum Gasteiger partial charge on any atom is 0.161 e. The number of methoxy groups -OCH3 is 1. The van der Waals surface area contributed by atoms with E-state index in [1.54, 1.807) is 12.1 Å². The van der Waals surface area contributed by atoms with E-state index in [-0.39, 0.29) is 11.7 Å². The molecule has 0 aromatic heterocycles. The number of nitrogens with one attached hydrogen (secondary N) is 1. The largest absolute Gasteiger partial charge is 0.504 e. The highest BCUT2D eigenvalue weighted by molar-refractivity contribution is 6.31. The second-order valence-corrected chi connectivity index (χ2v) is 3.91. The van der Waals surface area contributed by atoms with E-state index in [2.05, 4.69) is 5.32 Å². The monoisotopic (exact) mass is 229 g/mol. The van der Waals surface area contributed by atoms with Gasteiger partial charge in [-0.2, -0.15) is 0 Å². The highest BCUT2D eigenvalue weighted by Crippen LogP contribution is 2.35. The number of aromatic hydroxyl groups is 1. The number of likely N-dealkylation sites (N-methyl/N-ethyl adjacent to an activating group) is 1. The van der Waals surface area contributed by atoms with E-state index < -0.39 is 0 Å². The molecule has 15 heavy (non-hydrogen) atoms. The minimum absolute atomic E-state index is 0.125. The third-order valence-electron chi connectivity index (χ3n) is 2.34. The molecule has 0 aliphatic heterocycles. The van der Waals surface area contributed by atoms with E-state index in [9.17, 15) is 5.11 Å². The zero-order valence-electron chi connectivity index (χ0n) is 9.17. The number of benzene rings is 1. The van der Waals surface area contributed by atoms with Crippen molar-refractivity contribution in [1.29, 1.82) is 0 Å². The van der Waals surface area contributed by atoms with Gasteiger partial charge >= 0.3 is 0 Å². The van der Waals surface area contributed by atoms with Crippen molar-refractivity contribution in [2.75, 3.05) is 20.7 Å². The molecule has 1 aromatic carbocycles. The molecule has 3 nitrogen and oxygen atoms in total. The van der Waals surface area contributed by atoms with Crippen molar-refractivity contribution in [3.05, 3.63) is 22.7 Å².